The average molecular weight is 342 g/mol. The fourth-order valence-corrected chi connectivity index (χ4v) is 3.72. The molecule has 0 N–H and O–H groups in total. The summed E-state index contributed by atoms with van der Waals surface area (Å²) < 4.78 is 5.69. The summed E-state index contributed by atoms with van der Waals surface area (Å²) in [5.41, 5.74) is 3.04. The van der Waals surface area contributed by atoms with Gasteiger partial charge in [-0.2, -0.15) is 11.3 Å². The van der Waals surface area contributed by atoms with Gasteiger partial charge in [-0.25, -0.2) is 4.98 Å². The van der Waals surface area contributed by atoms with Crippen LogP contribution in [0.4, 0.5) is 0 Å². The first-order valence-electron chi connectivity index (χ1n) is 7.27. The van der Waals surface area contributed by atoms with Gasteiger partial charge in [0.1, 0.15) is 6.10 Å². The number of aromatic nitrogens is 1. The van der Waals surface area contributed by atoms with Crippen LogP contribution >= 0.6 is 22.7 Å². The number of carbonyl (C=O) groups excluding carboxylic acids is 1. The maximum absolute atomic E-state index is 12.4. The Kier molecular flexibility index (Phi) is 3.85. The van der Waals surface area contributed by atoms with Crippen LogP contribution in [0.25, 0.3) is 11.1 Å². The van der Waals surface area contributed by atoms with E-state index in [1.807, 2.05) is 29.6 Å². The summed E-state index contributed by atoms with van der Waals surface area (Å²) in [6, 6.07) is 9.86. The molecule has 1 aromatic carbocycles. The lowest BCUT2D eigenvalue weighted by Crippen LogP contribution is -2.56. The third-order valence-electron chi connectivity index (χ3n) is 3.80. The van der Waals surface area contributed by atoms with Crippen LogP contribution in [0, 0.1) is 0 Å². The third-order valence-corrected chi connectivity index (χ3v) is 5.14. The maximum Gasteiger partial charge on any atom is 0.273 e. The van der Waals surface area contributed by atoms with Crippen LogP contribution < -0.4 is 4.74 Å². The molecule has 4 rings (SSSR count). The first kappa shape index (κ1) is 14.4. The Hall–Kier alpha value is -2.18. The van der Waals surface area contributed by atoms with E-state index in [9.17, 15) is 4.79 Å². The van der Waals surface area contributed by atoms with Gasteiger partial charge in [0.05, 0.1) is 13.1 Å². The van der Waals surface area contributed by atoms with Gasteiger partial charge in [-0.3, -0.25) is 4.79 Å². The van der Waals surface area contributed by atoms with Crippen LogP contribution in [0.15, 0.2) is 52.7 Å². The zero-order chi connectivity index (χ0) is 15.6. The Labute approximate surface area is 142 Å². The van der Waals surface area contributed by atoms with Crippen molar-refractivity contribution in [2.75, 3.05) is 13.1 Å². The van der Waals surface area contributed by atoms with Crippen LogP contribution in [-0.2, 0) is 0 Å². The van der Waals surface area contributed by atoms with E-state index < -0.39 is 0 Å². The molecule has 23 heavy (non-hydrogen) atoms. The number of ether oxygens (including phenoxy) is 1. The highest BCUT2D eigenvalue weighted by atomic mass is 32.1. The van der Waals surface area contributed by atoms with Crippen molar-refractivity contribution in [3.63, 3.8) is 0 Å². The SMILES string of the molecule is O=C(c1ccc(-c2ccsc2)cc1)N1CC(Oc2nccs2)C1. The van der Waals surface area contributed by atoms with Crippen LogP contribution in [0.1, 0.15) is 10.4 Å². The molecule has 116 valence electrons. The number of carbonyl (C=O) groups is 1. The Morgan fingerprint density at radius 1 is 1.13 bits per heavy atom. The number of likely N-dealkylation sites (tertiary alicyclic amines) is 1. The number of thiophene rings is 1. The first-order chi connectivity index (χ1) is 11.3. The molecule has 0 atom stereocenters. The molecule has 0 aliphatic carbocycles. The van der Waals surface area contributed by atoms with E-state index in [4.69, 9.17) is 4.74 Å². The number of nitrogens with zero attached hydrogens (tertiary/aromatic N) is 2. The van der Waals surface area contributed by atoms with Crippen molar-refractivity contribution in [1.82, 2.24) is 9.88 Å². The molecule has 4 nitrogen and oxygen atoms in total. The van der Waals surface area contributed by atoms with E-state index in [1.54, 1.807) is 22.4 Å². The van der Waals surface area contributed by atoms with Crippen molar-refractivity contribution in [3.05, 3.63) is 58.2 Å². The van der Waals surface area contributed by atoms with E-state index in [1.165, 1.54) is 16.9 Å². The highest BCUT2D eigenvalue weighted by Gasteiger charge is 2.33. The molecular formula is C17H14N2O2S2. The van der Waals surface area contributed by atoms with Gasteiger partial charge in [-0.1, -0.05) is 23.5 Å². The van der Waals surface area contributed by atoms with Crippen molar-refractivity contribution >= 4 is 28.6 Å². The number of benzene rings is 1. The molecule has 1 fully saturated rings. The Morgan fingerprint density at radius 3 is 2.61 bits per heavy atom. The lowest BCUT2D eigenvalue weighted by Gasteiger charge is -2.38. The standard InChI is InChI=1S/C17H14N2O2S2/c20-16(19-9-15(10-19)21-17-18-6-8-23-17)13-3-1-12(2-4-13)14-5-7-22-11-14/h1-8,11,15H,9-10H2. The fraction of sp³-hybridized carbons (Fsp3) is 0.176. The van der Waals surface area contributed by atoms with Gasteiger partial charge < -0.3 is 9.64 Å². The first-order valence-corrected chi connectivity index (χ1v) is 9.10. The quantitative estimate of drug-likeness (QED) is 0.725. The minimum absolute atomic E-state index is 0.0511. The molecule has 3 heterocycles. The van der Waals surface area contributed by atoms with Gasteiger partial charge in [0.25, 0.3) is 11.1 Å². The van der Waals surface area contributed by atoms with E-state index in [0.29, 0.717) is 18.3 Å². The highest BCUT2D eigenvalue weighted by molar-refractivity contribution is 7.11. The summed E-state index contributed by atoms with van der Waals surface area (Å²) in [6.07, 6.45) is 1.77. The molecular weight excluding hydrogens is 328 g/mol. The van der Waals surface area contributed by atoms with Gasteiger partial charge in [-0.05, 0) is 40.1 Å². The normalized spacial score (nSPS) is 14.5. The highest BCUT2D eigenvalue weighted by Crippen LogP contribution is 2.24. The van der Waals surface area contributed by atoms with Crippen LogP contribution in [0.5, 0.6) is 5.19 Å². The Morgan fingerprint density at radius 2 is 1.96 bits per heavy atom. The second kappa shape index (κ2) is 6.14. The van der Waals surface area contributed by atoms with Gasteiger partial charge in [0, 0.05) is 17.1 Å². The summed E-state index contributed by atoms with van der Waals surface area (Å²) in [4.78, 5) is 18.3. The van der Waals surface area contributed by atoms with Crippen LogP contribution in [-0.4, -0.2) is 35.0 Å². The maximum atomic E-state index is 12.4. The van der Waals surface area contributed by atoms with Gasteiger partial charge in [0.2, 0.25) is 0 Å². The summed E-state index contributed by atoms with van der Waals surface area (Å²) >= 11 is 3.14. The minimum atomic E-state index is 0.0511. The fourth-order valence-electron chi connectivity index (χ4n) is 2.51. The average Bonchev–Trinajstić information content (AvgIpc) is 3.23. The summed E-state index contributed by atoms with van der Waals surface area (Å²) in [5.74, 6) is 0.0563. The topological polar surface area (TPSA) is 42.4 Å². The summed E-state index contributed by atoms with van der Waals surface area (Å²) in [5, 5.41) is 6.71. The van der Waals surface area contributed by atoms with Gasteiger partial charge in [-0.15, -0.1) is 0 Å². The zero-order valence-electron chi connectivity index (χ0n) is 12.2. The lowest BCUT2D eigenvalue weighted by atomic mass is 10.0. The lowest BCUT2D eigenvalue weighted by molar-refractivity contribution is 0.0177. The number of thiazole rings is 1. The van der Waals surface area contributed by atoms with Crippen molar-refractivity contribution in [3.8, 4) is 16.3 Å². The molecule has 1 aliphatic heterocycles. The molecule has 1 saturated heterocycles. The monoisotopic (exact) mass is 342 g/mol. The van der Waals surface area contributed by atoms with Crippen LogP contribution in [0.3, 0.4) is 0 Å². The van der Waals surface area contributed by atoms with Gasteiger partial charge >= 0.3 is 0 Å². The molecule has 0 unspecified atom stereocenters. The molecule has 1 aliphatic rings. The van der Waals surface area contributed by atoms with Crippen molar-refractivity contribution in [2.24, 2.45) is 0 Å². The second-order valence-electron chi connectivity index (χ2n) is 5.34. The number of hydrogen-bond acceptors (Lipinski definition) is 5. The predicted molar refractivity (Wildman–Crippen MR) is 92.2 cm³/mol. The number of hydrogen-bond donors (Lipinski definition) is 0. The zero-order valence-corrected chi connectivity index (χ0v) is 13.8. The van der Waals surface area contributed by atoms with Crippen molar-refractivity contribution < 1.29 is 9.53 Å². The molecule has 0 saturated carbocycles. The number of amides is 1. The Bertz CT molecular complexity index is 777. The van der Waals surface area contributed by atoms with Crippen molar-refractivity contribution in [2.45, 2.75) is 6.10 Å². The molecule has 0 radical (unpaired) electrons. The number of rotatable bonds is 4. The van der Waals surface area contributed by atoms with Gasteiger partial charge in [0.15, 0.2) is 0 Å². The predicted octanol–water partition coefficient (Wildman–Crippen LogP) is 3.78. The smallest absolute Gasteiger partial charge is 0.273 e. The molecule has 2 aromatic heterocycles. The second-order valence-corrected chi connectivity index (χ2v) is 6.97. The summed E-state index contributed by atoms with van der Waals surface area (Å²) in [7, 11) is 0. The molecule has 0 spiro atoms. The minimum Gasteiger partial charge on any atom is -0.463 e. The largest absolute Gasteiger partial charge is 0.463 e. The van der Waals surface area contributed by atoms with Crippen LogP contribution in [0.2, 0.25) is 0 Å². The van der Waals surface area contributed by atoms with E-state index >= 15 is 0 Å². The molecule has 3 aromatic rings. The third kappa shape index (κ3) is 3.00. The molecule has 1 amide bonds. The summed E-state index contributed by atoms with van der Waals surface area (Å²) in [6.45, 7) is 1.23. The molecule has 0 bridgehead atoms. The van der Waals surface area contributed by atoms with E-state index in [2.05, 4.69) is 21.8 Å². The van der Waals surface area contributed by atoms with E-state index in [0.717, 1.165) is 11.1 Å². The van der Waals surface area contributed by atoms with Crippen molar-refractivity contribution in [1.29, 1.82) is 0 Å². The van der Waals surface area contributed by atoms with E-state index in [-0.39, 0.29) is 12.0 Å². The Balaban J connectivity index is 1.37. The molecule has 6 heteroatoms.